The first-order chi connectivity index (χ1) is 11.9. The third-order valence-corrected chi connectivity index (χ3v) is 5.80. The number of hydrogen-bond acceptors (Lipinski definition) is 3. The van der Waals surface area contributed by atoms with Gasteiger partial charge in [-0.2, -0.15) is 0 Å². The van der Waals surface area contributed by atoms with Gasteiger partial charge in [0, 0.05) is 17.3 Å². The monoisotopic (exact) mass is 358 g/mol. The van der Waals surface area contributed by atoms with Crippen LogP contribution in [0.2, 0.25) is 0 Å². The maximum absolute atomic E-state index is 12.5. The normalized spacial score (nSPS) is 15.1. The van der Waals surface area contributed by atoms with E-state index >= 15 is 0 Å². The van der Waals surface area contributed by atoms with Gasteiger partial charge in [0.05, 0.1) is 4.90 Å². The zero-order valence-corrected chi connectivity index (χ0v) is 15.0. The first-order valence-corrected chi connectivity index (χ1v) is 9.93. The molecule has 0 aromatic heterocycles. The van der Waals surface area contributed by atoms with Crippen molar-refractivity contribution in [3.63, 3.8) is 0 Å². The van der Waals surface area contributed by atoms with Gasteiger partial charge in [-0.25, -0.2) is 8.42 Å². The molecule has 2 N–H and O–H groups in total. The molecule has 1 fully saturated rings. The Labute approximate surface area is 148 Å². The van der Waals surface area contributed by atoms with Crippen molar-refractivity contribution in [2.24, 2.45) is 0 Å². The SMILES string of the molecule is Cc1ccc(S(=O)(=O)Nc2cccc(C(=O)NC3CCCC3)c2)cc1. The molecule has 0 aliphatic heterocycles. The predicted octanol–water partition coefficient (Wildman–Crippen LogP) is 3.47. The van der Waals surface area contributed by atoms with Crippen molar-refractivity contribution < 1.29 is 13.2 Å². The fourth-order valence-corrected chi connectivity index (χ4v) is 4.04. The molecule has 3 rings (SSSR count). The van der Waals surface area contributed by atoms with Gasteiger partial charge in [0.25, 0.3) is 15.9 Å². The van der Waals surface area contributed by atoms with Crippen molar-refractivity contribution in [2.75, 3.05) is 4.72 Å². The van der Waals surface area contributed by atoms with Gasteiger partial charge in [-0.1, -0.05) is 36.6 Å². The molecule has 1 aliphatic rings. The number of nitrogens with one attached hydrogen (secondary N) is 2. The maximum atomic E-state index is 12.5. The molecular formula is C19H22N2O3S. The van der Waals surface area contributed by atoms with E-state index in [0.29, 0.717) is 11.3 Å². The summed E-state index contributed by atoms with van der Waals surface area (Å²) in [5.41, 5.74) is 1.82. The van der Waals surface area contributed by atoms with Gasteiger partial charge in [-0.3, -0.25) is 9.52 Å². The van der Waals surface area contributed by atoms with Gasteiger partial charge < -0.3 is 5.32 Å². The molecule has 0 radical (unpaired) electrons. The quantitative estimate of drug-likeness (QED) is 0.859. The molecule has 0 spiro atoms. The Morgan fingerprint density at radius 3 is 2.40 bits per heavy atom. The molecule has 0 unspecified atom stereocenters. The lowest BCUT2D eigenvalue weighted by Crippen LogP contribution is -2.32. The maximum Gasteiger partial charge on any atom is 0.261 e. The average Bonchev–Trinajstić information content (AvgIpc) is 3.08. The zero-order valence-electron chi connectivity index (χ0n) is 14.2. The molecule has 132 valence electrons. The molecule has 0 heterocycles. The Bertz CT molecular complexity index is 854. The summed E-state index contributed by atoms with van der Waals surface area (Å²) in [6.45, 7) is 1.90. The Morgan fingerprint density at radius 1 is 1.04 bits per heavy atom. The van der Waals surface area contributed by atoms with Crippen LogP contribution in [0.25, 0.3) is 0 Å². The number of carbonyl (C=O) groups excluding carboxylic acids is 1. The zero-order chi connectivity index (χ0) is 17.9. The molecule has 6 heteroatoms. The smallest absolute Gasteiger partial charge is 0.261 e. The van der Waals surface area contributed by atoms with E-state index in [0.717, 1.165) is 31.2 Å². The largest absolute Gasteiger partial charge is 0.349 e. The van der Waals surface area contributed by atoms with Crippen LogP contribution in [0.4, 0.5) is 5.69 Å². The Balaban J connectivity index is 1.74. The third-order valence-electron chi connectivity index (χ3n) is 4.40. The van der Waals surface area contributed by atoms with E-state index in [1.54, 1.807) is 48.5 Å². The van der Waals surface area contributed by atoms with Crippen molar-refractivity contribution in [3.8, 4) is 0 Å². The van der Waals surface area contributed by atoms with E-state index in [9.17, 15) is 13.2 Å². The van der Waals surface area contributed by atoms with Crippen molar-refractivity contribution in [1.82, 2.24) is 5.32 Å². The third kappa shape index (κ3) is 4.39. The highest BCUT2D eigenvalue weighted by Gasteiger charge is 2.19. The lowest BCUT2D eigenvalue weighted by Gasteiger charge is -2.13. The molecule has 1 aliphatic carbocycles. The Hall–Kier alpha value is -2.34. The highest BCUT2D eigenvalue weighted by atomic mass is 32.2. The minimum absolute atomic E-state index is 0.164. The van der Waals surface area contributed by atoms with E-state index in [2.05, 4.69) is 10.0 Å². The number of benzene rings is 2. The molecule has 2 aromatic carbocycles. The molecule has 5 nitrogen and oxygen atoms in total. The molecule has 2 aromatic rings. The van der Waals surface area contributed by atoms with Crippen LogP contribution >= 0.6 is 0 Å². The number of carbonyl (C=O) groups is 1. The van der Waals surface area contributed by atoms with Gasteiger partial charge in [0.15, 0.2) is 0 Å². The van der Waals surface area contributed by atoms with Crippen molar-refractivity contribution in [3.05, 3.63) is 59.7 Å². The summed E-state index contributed by atoms with van der Waals surface area (Å²) in [5.74, 6) is -0.164. The van der Waals surface area contributed by atoms with Crippen LogP contribution in [-0.4, -0.2) is 20.4 Å². The second kappa shape index (κ2) is 7.27. The van der Waals surface area contributed by atoms with E-state index < -0.39 is 10.0 Å². The molecule has 0 atom stereocenters. The first-order valence-electron chi connectivity index (χ1n) is 8.44. The van der Waals surface area contributed by atoms with Crippen molar-refractivity contribution in [1.29, 1.82) is 0 Å². The van der Waals surface area contributed by atoms with Crippen LogP contribution in [0.3, 0.4) is 0 Å². The fraction of sp³-hybridized carbons (Fsp3) is 0.316. The Kier molecular flexibility index (Phi) is 5.08. The molecule has 1 saturated carbocycles. The molecule has 0 bridgehead atoms. The van der Waals surface area contributed by atoms with Crippen LogP contribution in [-0.2, 0) is 10.0 Å². The van der Waals surface area contributed by atoms with Crippen LogP contribution < -0.4 is 10.0 Å². The van der Waals surface area contributed by atoms with Crippen LogP contribution in [0.1, 0.15) is 41.6 Å². The molecule has 25 heavy (non-hydrogen) atoms. The van der Waals surface area contributed by atoms with Gasteiger partial charge in [0.2, 0.25) is 0 Å². The number of sulfonamides is 1. The van der Waals surface area contributed by atoms with E-state index in [-0.39, 0.29) is 16.8 Å². The topological polar surface area (TPSA) is 75.3 Å². The summed E-state index contributed by atoms with van der Waals surface area (Å²) in [6, 6.07) is 13.4. The highest BCUT2D eigenvalue weighted by Crippen LogP contribution is 2.20. The van der Waals surface area contributed by atoms with E-state index in [1.165, 1.54) is 0 Å². The van der Waals surface area contributed by atoms with Crippen LogP contribution in [0, 0.1) is 6.92 Å². The lowest BCUT2D eigenvalue weighted by molar-refractivity contribution is 0.0938. The lowest BCUT2D eigenvalue weighted by atomic mass is 10.1. The first kappa shape index (κ1) is 17.5. The molecule has 0 saturated heterocycles. The predicted molar refractivity (Wildman–Crippen MR) is 98.2 cm³/mol. The number of hydrogen-bond donors (Lipinski definition) is 2. The number of rotatable bonds is 5. The summed E-state index contributed by atoms with van der Waals surface area (Å²) in [4.78, 5) is 12.5. The fourth-order valence-electron chi connectivity index (χ4n) is 2.99. The average molecular weight is 358 g/mol. The molecule has 1 amide bonds. The van der Waals surface area contributed by atoms with Crippen LogP contribution in [0.15, 0.2) is 53.4 Å². The van der Waals surface area contributed by atoms with Crippen molar-refractivity contribution >= 4 is 21.6 Å². The van der Waals surface area contributed by atoms with E-state index in [1.807, 2.05) is 6.92 Å². The van der Waals surface area contributed by atoms with Gasteiger partial charge in [-0.15, -0.1) is 0 Å². The van der Waals surface area contributed by atoms with Gasteiger partial charge in [0.1, 0.15) is 0 Å². The molecular weight excluding hydrogens is 336 g/mol. The second-order valence-electron chi connectivity index (χ2n) is 6.45. The summed E-state index contributed by atoms with van der Waals surface area (Å²) in [6.07, 6.45) is 4.29. The number of aryl methyl sites for hydroxylation is 1. The highest BCUT2D eigenvalue weighted by molar-refractivity contribution is 7.92. The van der Waals surface area contributed by atoms with Gasteiger partial charge in [-0.05, 0) is 50.1 Å². The van der Waals surface area contributed by atoms with E-state index in [4.69, 9.17) is 0 Å². The number of amides is 1. The summed E-state index contributed by atoms with van der Waals surface area (Å²) in [5, 5.41) is 3.01. The van der Waals surface area contributed by atoms with Crippen molar-refractivity contribution in [2.45, 2.75) is 43.5 Å². The summed E-state index contributed by atoms with van der Waals surface area (Å²) < 4.78 is 27.5. The number of anilines is 1. The standard InChI is InChI=1S/C19H22N2O3S/c1-14-9-11-18(12-10-14)25(23,24)21-17-8-4-5-15(13-17)19(22)20-16-6-2-3-7-16/h4-5,8-13,16,21H,2-3,6-7H2,1H3,(H,20,22). The second-order valence-corrected chi connectivity index (χ2v) is 8.14. The summed E-state index contributed by atoms with van der Waals surface area (Å²) in [7, 11) is -3.68. The van der Waals surface area contributed by atoms with Crippen LogP contribution in [0.5, 0.6) is 0 Å². The Morgan fingerprint density at radius 2 is 1.72 bits per heavy atom. The minimum Gasteiger partial charge on any atom is -0.349 e. The summed E-state index contributed by atoms with van der Waals surface area (Å²) >= 11 is 0. The minimum atomic E-state index is -3.68. The van der Waals surface area contributed by atoms with Gasteiger partial charge >= 0.3 is 0 Å².